The van der Waals surface area contributed by atoms with Crippen molar-refractivity contribution in [2.24, 2.45) is 0 Å². The highest BCUT2D eigenvalue weighted by Crippen LogP contribution is 2.23. The summed E-state index contributed by atoms with van der Waals surface area (Å²) < 4.78 is 5.48. The molecule has 0 unspecified atom stereocenters. The van der Waals surface area contributed by atoms with Gasteiger partial charge in [-0.15, -0.1) is 0 Å². The van der Waals surface area contributed by atoms with Crippen molar-refractivity contribution in [3.8, 4) is 6.01 Å². The Bertz CT molecular complexity index is 397. The van der Waals surface area contributed by atoms with Gasteiger partial charge in [0.15, 0.2) is 0 Å². The Morgan fingerprint density at radius 1 is 1.15 bits per heavy atom. The third-order valence-corrected chi connectivity index (χ3v) is 3.03. The van der Waals surface area contributed by atoms with Crippen LogP contribution in [0.1, 0.15) is 39.5 Å². The number of ether oxygens (including phenoxy) is 1. The van der Waals surface area contributed by atoms with Gasteiger partial charge in [0.05, 0.1) is 12.7 Å². The van der Waals surface area contributed by atoms with E-state index in [0.29, 0.717) is 24.5 Å². The van der Waals surface area contributed by atoms with Crippen LogP contribution in [-0.2, 0) is 0 Å². The van der Waals surface area contributed by atoms with Gasteiger partial charge in [-0.05, 0) is 25.7 Å². The second kappa shape index (κ2) is 7.23. The third kappa shape index (κ3) is 4.19. The second-order valence-corrected chi connectivity index (χ2v) is 5.01. The van der Waals surface area contributed by atoms with Gasteiger partial charge in [0.2, 0.25) is 11.9 Å². The number of aromatic nitrogens is 3. The van der Waals surface area contributed by atoms with Crippen LogP contribution in [0.4, 0.5) is 11.9 Å². The van der Waals surface area contributed by atoms with E-state index in [4.69, 9.17) is 4.74 Å². The summed E-state index contributed by atoms with van der Waals surface area (Å²) in [4.78, 5) is 12.8. The molecule has 0 radical (unpaired) electrons. The molecule has 1 aromatic rings. The highest BCUT2D eigenvalue weighted by Gasteiger charge is 2.27. The molecule has 1 saturated carbocycles. The summed E-state index contributed by atoms with van der Waals surface area (Å²) in [6, 6.07) is 0.563. The smallest absolute Gasteiger partial charge is 0.323 e. The van der Waals surface area contributed by atoms with Crippen LogP contribution in [0.15, 0.2) is 0 Å². The lowest BCUT2D eigenvalue weighted by atomic mass is 9.90. The summed E-state index contributed by atoms with van der Waals surface area (Å²) in [7, 11) is 0. The fourth-order valence-corrected chi connectivity index (χ4v) is 1.88. The summed E-state index contributed by atoms with van der Waals surface area (Å²) >= 11 is 0. The minimum atomic E-state index is -0.206. The number of rotatable bonds is 8. The molecule has 3 N–H and O–H groups in total. The predicted molar refractivity (Wildman–Crippen MR) is 77.0 cm³/mol. The lowest BCUT2D eigenvalue weighted by Gasteiger charge is -2.31. The van der Waals surface area contributed by atoms with E-state index >= 15 is 0 Å². The molecule has 1 heterocycles. The molecule has 0 saturated heterocycles. The number of hydrogen-bond acceptors (Lipinski definition) is 7. The number of aliphatic hydroxyl groups excluding tert-OH is 1. The monoisotopic (exact) mass is 281 g/mol. The SMILES string of the molecule is CCCNc1nc(NC2CC(O)C2)nc(OCCC)n1. The number of hydrogen-bond donors (Lipinski definition) is 3. The molecule has 0 amide bonds. The summed E-state index contributed by atoms with van der Waals surface area (Å²) in [5.74, 6) is 1.02. The second-order valence-electron chi connectivity index (χ2n) is 5.01. The van der Waals surface area contributed by atoms with Crippen molar-refractivity contribution in [3.63, 3.8) is 0 Å². The van der Waals surface area contributed by atoms with E-state index < -0.39 is 0 Å². The molecular weight excluding hydrogens is 258 g/mol. The molecule has 0 aliphatic heterocycles. The summed E-state index contributed by atoms with van der Waals surface area (Å²) in [5, 5.41) is 15.6. The van der Waals surface area contributed by atoms with Crippen molar-refractivity contribution >= 4 is 11.9 Å². The standard InChI is InChI=1S/C13H23N5O2/c1-3-5-14-11-16-12(15-9-7-10(19)8-9)18-13(17-11)20-6-4-2/h9-10,19H,3-8H2,1-2H3,(H2,14,15,16,17,18). The van der Waals surface area contributed by atoms with E-state index in [-0.39, 0.29) is 12.1 Å². The maximum absolute atomic E-state index is 9.31. The zero-order chi connectivity index (χ0) is 14.4. The average molecular weight is 281 g/mol. The number of nitrogens with zero attached hydrogens (tertiary/aromatic N) is 3. The van der Waals surface area contributed by atoms with E-state index in [1.54, 1.807) is 0 Å². The molecule has 7 heteroatoms. The van der Waals surface area contributed by atoms with Gasteiger partial charge in [0.25, 0.3) is 0 Å². The van der Waals surface area contributed by atoms with Crippen molar-refractivity contribution in [2.75, 3.05) is 23.8 Å². The van der Waals surface area contributed by atoms with Crippen LogP contribution in [0.5, 0.6) is 6.01 Å². The normalized spacial score (nSPS) is 21.1. The molecule has 1 aliphatic rings. The Hall–Kier alpha value is -1.63. The van der Waals surface area contributed by atoms with Crippen molar-refractivity contribution in [2.45, 2.75) is 51.7 Å². The fraction of sp³-hybridized carbons (Fsp3) is 0.769. The van der Waals surface area contributed by atoms with Crippen LogP contribution in [-0.4, -0.2) is 45.4 Å². The highest BCUT2D eigenvalue weighted by molar-refractivity contribution is 5.37. The maximum Gasteiger partial charge on any atom is 0.323 e. The zero-order valence-electron chi connectivity index (χ0n) is 12.1. The number of anilines is 2. The molecule has 0 spiro atoms. The minimum absolute atomic E-state index is 0.206. The highest BCUT2D eigenvalue weighted by atomic mass is 16.5. The van der Waals surface area contributed by atoms with Crippen molar-refractivity contribution in [1.29, 1.82) is 0 Å². The first-order valence-corrected chi connectivity index (χ1v) is 7.28. The Morgan fingerprint density at radius 2 is 1.90 bits per heavy atom. The summed E-state index contributed by atoms with van der Waals surface area (Å²) in [5.41, 5.74) is 0. The minimum Gasteiger partial charge on any atom is -0.463 e. The molecule has 7 nitrogen and oxygen atoms in total. The van der Waals surface area contributed by atoms with Gasteiger partial charge >= 0.3 is 6.01 Å². The van der Waals surface area contributed by atoms with Crippen LogP contribution in [0.25, 0.3) is 0 Å². The Kier molecular flexibility index (Phi) is 5.34. The van der Waals surface area contributed by atoms with E-state index in [2.05, 4.69) is 32.5 Å². The summed E-state index contributed by atoms with van der Waals surface area (Å²) in [6.07, 6.45) is 3.15. The fourth-order valence-electron chi connectivity index (χ4n) is 1.88. The lowest BCUT2D eigenvalue weighted by molar-refractivity contribution is 0.0834. The Balaban J connectivity index is 2.03. The molecule has 1 fully saturated rings. The molecule has 2 rings (SSSR count). The van der Waals surface area contributed by atoms with Crippen LogP contribution in [0.2, 0.25) is 0 Å². The van der Waals surface area contributed by atoms with E-state index in [0.717, 1.165) is 32.2 Å². The molecule has 0 aromatic carbocycles. The third-order valence-electron chi connectivity index (χ3n) is 3.03. The van der Waals surface area contributed by atoms with Crippen LogP contribution in [0.3, 0.4) is 0 Å². The first-order chi connectivity index (χ1) is 9.71. The first-order valence-electron chi connectivity index (χ1n) is 7.28. The van der Waals surface area contributed by atoms with Crippen molar-refractivity contribution in [1.82, 2.24) is 15.0 Å². The topological polar surface area (TPSA) is 92.2 Å². The van der Waals surface area contributed by atoms with Gasteiger partial charge in [-0.3, -0.25) is 0 Å². The molecular formula is C13H23N5O2. The first kappa shape index (κ1) is 14.8. The molecule has 0 atom stereocenters. The number of aliphatic hydroxyl groups is 1. The molecule has 112 valence electrons. The molecule has 1 aromatic heterocycles. The van der Waals surface area contributed by atoms with Gasteiger partial charge in [-0.25, -0.2) is 0 Å². The quantitative estimate of drug-likeness (QED) is 0.663. The van der Waals surface area contributed by atoms with E-state index in [1.165, 1.54) is 0 Å². The average Bonchev–Trinajstić information content (AvgIpc) is 2.41. The predicted octanol–water partition coefficient (Wildman–Crippen LogP) is 1.42. The van der Waals surface area contributed by atoms with Crippen LogP contribution >= 0.6 is 0 Å². The largest absolute Gasteiger partial charge is 0.463 e. The molecule has 0 bridgehead atoms. The Morgan fingerprint density at radius 3 is 2.55 bits per heavy atom. The van der Waals surface area contributed by atoms with Crippen molar-refractivity contribution in [3.05, 3.63) is 0 Å². The number of nitrogens with one attached hydrogen (secondary N) is 2. The van der Waals surface area contributed by atoms with E-state index in [9.17, 15) is 5.11 Å². The van der Waals surface area contributed by atoms with Gasteiger partial charge in [-0.2, -0.15) is 15.0 Å². The zero-order valence-corrected chi connectivity index (χ0v) is 12.1. The summed E-state index contributed by atoms with van der Waals surface area (Å²) in [6.45, 7) is 5.50. The molecule has 1 aliphatic carbocycles. The van der Waals surface area contributed by atoms with Gasteiger partial charge < -0.3 is 20.5 Å². The Labute approximate surface area is 119 Å². The van der Waals surface area contributed by atoms with E-state index in [1.807, 2.05) is 6.92 Å². The molecule has 20 heavy (non-hydrogen) atoms. The van der Waals surface area contributed by atoms with Gasteiger partial charge in [-0.1, -0.05) is 13.8 Å². The van der Waals surface area contributed by atoms with Crippen molar-refractivity contribution < 1.29 is 9.84 Å². The van der Waals surface area contributed by atoms with Crippen LogP contribution < -0.4 is 15.4 Å². The van der Waals surface area contributed by atoms with Crippen LogP contribution in [0, 0.1) is 0 Å². The van der Waals surface area contributed by atoms with Gasteiger partial charge in [0.1, 0.15) is 0 Å². The van der Waals surface area contributed by atoms with Gasteiger partial charge in [0, 0.05) is 12.6 Å². The maximum atomic E-state index is 9.31. The lowest BCUT2D eigenvalue weighted by Crippen LogP contribution is -2.39.